The molecule has 2 aromatic rings. The molecule has 2 N–H and O–H groups in total. The van der Waals surface area contributed by atoms with Gasteiger partial charge in [-0.2, -0.15) is 5.10 Å². The van der Waals surface area contributed by atoms with E-state index >= 15 is 0 Å². The summed E-state index contributed by atoms with van der Waals surface area (Å²) < 4.78 is 2.04. The van der Waals surface area contributed by atoms with Crippen LogP contribution in [0.4, 0.5) is 0 Å². The van der Waals surface area contributed by atoms with Crippen LogP contribution in [0.3, 0.4) is 0 Å². The molecule has 0 aliphatic rings. The Balaban J connectivity index is 2.38. The van der Waals surface area contributed by atoms with Crippen molar-refractivity contribution in [3.8, 4) is 5.69 Å². The van der Waals surface area contributed by atoms with Crippen molar-refractivity contribution in [3.05, 3.63) is 46.8 Å². The highest BCUT2D eigenvalue weighted by molar-refractivity contribution is 5.38. The van der Waals surface area contributed by atoms with E-state index in [4.69, 9.17) is 5.73 Å². The molecule has 1 aromatic heterocycles. The van der Waals surface area contributed by atoms with Crippen molar-refractivity contribution in [3.63, 3.8) is 0 Å². The van der Waals surface area contributed by atoms with Crippen LogP contribution in [0.15, 0.2) is 24.3 Å². The van der Waals surface area contributed by atoms with Gasteiger partial charge in [-0.3, -0.25) is 0 Å². The molecule has 3 nitrogen and oxygen atoms in total. The van der Waals surface area contributed by atoms with Gasteiger partial charge in [0.1, 0.15) is 0 Å². The Kier molecular flexibility index (Phi) is 4.05. The van der Waals surface area contributed by atoms with E-state index in [1.165, 1.54) is 16.8 Å². The third kappa shape index (κ3) is 2.87. The fraction of sp³-hybridized carbons (Fsp3) is 0.438. The van der Waals surface area contributed by atoms with Gasteiger partial charge in [0.05, 0.1) is 11.4 Å². The SMILES string of the molecule is Cc1ccc(-n2nc(C)c(CC(C)CN)c2C)cc1. The fourth-order valence-electron chi connectivity index (χ4n) is 2.34. The predicted octanol–water partition coefficient (Wildman–Crippen LogP) is 2.93. The highest BCUT2D eigenvalue weighted by Crippen LogP contribution is 2.20. The number of nitrogens with two attached hydrogens (primary N) is 1. The highest BCUT2D eigenvalue weighted by atomic mass is 15.3. The van der Waals surface area contributed by atoms with Gasteiger partial charge in [-0.25, -0.2) is 4.68 Å². The van der Waals surface area contributed by atoms with Crippen molar-refractivity contribution in [2.24, 2.45) is 11.7 Å². The molecule has 102 valence electrons. The zero-order valence-electron chi connectivity index (χ0n) is 12.3. The average molecular weight is 257 g/mol. The normalized spacial score (nSPS) is 12.7. The first-order valence-electron chi connectivity index (χ1n) is 6.85. The monoisotopic (exact) mass is 257 g/mol. The molecule has 0 aliphatic heterocycles. The molecule has 0 saturated carbocycles. The summed E-state index contributed by atoms with van der Waals surface area (Å²) in [6.07, 6.45) is 1.00. The molecule has 1 heterocycles. The minimum atomic E-state index is 0.494. The topological polar surface area (TPSA) is 43.8 Å². The standard InChI is InChI=1S/C16H23N3/c1-11-5-7-15(8-6-11)19-14(4)16(13(3)18-19)9-12(2)10-17/h5-8,12H,9-10,17H2,1-4H3. The van der Waals surface area contributed by atoms with E-state index < -0.39 is 0 Å². The molecule has 0 aliphatic carbocycles. The summed E-state index contributed by atoms with van der Waals surface area (Å²) in [4.78, 5) is 0. The molecule has 1 atom stereocenters. The number of hydrogen-bond donors (Lipinski definition) is 1. The van der Waals surface area contributed by atoms with Crippen LogP contribution in [0.1, 0.15) is 29.4 Å². The summed E-state index contributed by atoms with van der Waals surface area (Å²) in [5.74, 6) is 0.494. The lowest BCUT2D eigenvalue weighted by Crippen LogP contribution is -2.14. The van der Waals surface area contributed by atoms with Gasteiger partial charge in [0.15, 0.2) is 0 Å². The third-order valence-electron chi connectivity index (χ3n) is 3.67. The first-order valence-corrected chi connectivity index (χ1v) is 6.85. The largest absolute Gasteiger partial charge is 0.330 e. The molecule has 0 spiro atoms. The lowest BCUT2D eigenvalue weighted by Gasteiger charge is -2.09. The molecular formula is C16H23N3. The second-order valence-electron chi connectivity index (χ2n) is 5.44. The van der Waals surface area contributed by atoms with Crippen LogP contribution in [0.5, 0.6) is 0 Å². The Morgan fingerprint density at radius 2 is 1.79 bits per heavy atom. The third-order valence-corrected chi connectivity index (χ3v) is 3.67. The minimum absolute atomic E-state index is 0.494. The second-order valence-corrected chi connectivity index (χ2v) is 5.44. The maximum atomic E-state index is 5.73. The van der Waals surface area contributed by atoms with E-state index in [2.05, 4.69) is 57.1 Å². The Morgan fingerprint density at radius 3 is 2.37 bits per heavy atom. The predicted molar refractivity (Wildman–Crippen MR) is 79.7 cm³/mol. The number of nitrogens with zero attached hydrogens (tertiary/aromatic N) is 2. The van der Waals surface area contributed by atoms with Gasteiger partial charge in [0.2, 0.25) is 0 Å². The van der Waals surface area contributed by atoms with Gasteiger partial charge in [-0.15, -0.1) is 0 Å². The molecule has 0 amide bonds. The summed E-state index contributed by atoms with van der Waals surface area (Å²) in [6, 6.07) is 8.47. The molecule has 0 bridgehead atoms. The zero-order valence-corrected chi connectivity index (χ0v) is 12.3. The van der Waals surface area contributed by atoms with Gasteiger partial charge in [-0.1, -0.05) is 24.6 Å². The fourth-order valence-corrected chi connectivity index (χ4v) is 2.34. The van der Waals surface area contributed by atoms with E-state index in [0.29, 0.717) is 12.5 Å². The van der Waals surface area contributed by atoms with E-state index in [9.17, 15) is 0 Å². The van der Waals surface area contributed by atoms with Crippen molar-refractivity contribution in [2.75, 3.05) is 6.54 Å². The van der Waals surface area contributed by atoms with Crippen LogP contribution in [-0.4, -0.2) is 16.3 Å². The molecule has 19 heavy (non-hydrogen) atoms. The summed E-state index contributed by atoms with van der Waals surface area (Å²) >= 11 is 0. The first-order chi connectivity index (χ1) is 9.02. The number of aromatic nitrogens is 2. The summed E-state index contributed by atoms with van der Waals surface area (Å²) in [5, 5.41) is 4.67. The zero-order chi connectivity index (χ0) is 14.0. The number of aryl methyl sites for hydroxylation is 2. The van der Waals surface area contributed by atoms with Crippen LogP contribution >= 0.6 is 0 Å². The highest BCUT2D eigenvalue weighted by Gasteiger charge is 2.14. The number of benzene rings is 1. The van der Waals surface area contributed by atoms with Crippen LogP contribution in [0.2, 0.25) is 0 Å². The Labute approximate surface area is 115 Å². The van der Waals surface area contributed by atoms with E-state index in [0.717, 1.165) is 17.8 Å². The number of hydrogen-bond acceptors (Lipinski definition) is 2. The van der Waals surface area contributed by atoms with E-state index in [1.807, 2.05) is 4.68 Å². The Hall–Kier alpha value is -1.61. The quantitative estimate of drug-likeness (QED) is 0.915. The van der Waals surface area contributed by atoms with Crippen molar-refractivity contribution in [2.45, 2.75) is 34.1 Å². The summed E-state index contributed by atoms with van der Waals surface area (Å²) in [6.45, 7) is 9.21. The molecule has 0 radical (unpaired) electrons. The van der Waals surface area contributed by atoms with E-state index in [1.54, 1.807) is 0 Å². The molecule has 0 saturated heterocycles. The van der Waals surface area contributed by atoms with Gasteiger partial charge in [0.25, 0.3) is 0 Å². The van der Waals surface area contributed by atoms with E-state index in [-0.39, 0.29) is 0 Å². The molecular weight excluding hydrogens is 234 g/mol. The average Bonchev–Trinajstić information content (AvgIpc) is 2.67. The second kappa shape index (κ2) is 5.57. The van der Waals surface area contributed by atoms with Crippen molar-refractivity contribution < 1.29 is 0 Å². The van der Waals surface area contributed by atoms with Crippen LogP contribution in [-0.2, 0) is 6.42 Å². The van der Waals surface area contributed by atoms with Crippen LogP contribution in [0.25, 0.3) is 5.69 Å². The molecule has 1 aromatic carbocycles. The van der Waals surface area contributed by atoms with Crippen molar-refractivity contribution in [1.82, 2.24) is 9.78 Å². The van der Waals surface area contributed by atoms with Crippen molar-refractivity contribution in [1.29, 1.82) is 0 Å². The van der Waals surface area contributed by atoms with Crippen molar-refractivity contribution >= 4 is 0 Å². The lowest BCUT2D eigenvalue weighted by atomic mass is 10.00. The Bertz CT molecular complexity index is 552. The summed E-state index contributed by atoms with van der Waals surface area (Å²) in [7, 11) is 0. The molecule has 3 heteroatoms. The Morgan fingerprint density at radius 1 is 1.16 bits per heavy atom. The van der Waals surface area contributed by atoms with Gasteiger partial charge in [0, 0.05) is 5.69 Å². The van der Waals surface area contributed by atoms with Gasteiger partial charge in [-0.05, 0) is 57.4 Å². The smallest absolute Gasteiger partial charge is 0.0649 e. The first kappa shape index (κ1) is 13.8. The minimum Gasteiger partial charge on any atom is -0.330 e. The lowest BCUT2D eigenvalue weighted by molar-refractivity contribution is 0.589. The summed E-state index contributed by atoms with van der Waals surface area (Å²) in [5.41, 5.74) is 11.8. The van der Waals surface area contributed by atoms with Crippen LogP contribution in [0, 0.1) is 26.7 Å². The molecule has 2 rings (SSSR count). The molecule has 1 unspecified atom stereocenters. The van der Waals surface area contributed by atoms with Gasteiger partial charge < -0.3 is 5.73 Å². The maximum Gasteiger partial charge on any atom is 0.0649 e. The molecule has 0 fully saturated rings. The maximum absolute atomic E-state index is 5.73. The number of rotatable bonds is 4. The van der Waals surface area contributed by atoms with Gasteiger partial charge >= 0.3 is 0 Å². The van der Waals surface area contributed by atoms with Crippen LogP contribution < -0.4 is 5.73 Å².